The highest BCUT2D eigenvalue weighted by molar-refractivity contribution is 6.10. The number of carbonyl (C=O) groups excluding carboxylic acids is 4. The predicted molar refractivity (Wildman–Crippen MR) is 156 cm³/mol. The Morgan fingerprint density at radius 2 is 1.79 bits per heavy atom. The van der Waals surface area contributed by atoms with Gasteiger partial charge in [0, 0.05) is 24.4 Å². The van der Waals surface area contributed by atoms with E-state index in [1.54, 1.807) is 41.5 Å². The van der Waals surface area contributed by atoms with Crippen LogP contribution in [0.1, 0.15) is 59.9 Å². The van der Waals surface area contributed by atoms with E-state index in [2.05, 4.69) is 10.3 Å². The number of hydrogen-bond acceptors (Lipinski definition) is 9. The average molecular weight is 586 g/mol. The highest BCUT2D eigenvalue weighted by atomic mass is 16.6. The number of nitrogens with zero attached hydrogens (tertiary/aromatic N) is 3. The molecule has 2 aliphatic rings. The molecule has 12 heteroatoms. The lowest BCUT2D eigenvalue weighted by atomic mass is 9.97. The largest absolute Gasteiger partial charge is 0.465 e. The van der Waals surface area contributed by atoms with Crippen molar-refractivity contribution >= 4 is 29.9 Å². The number of rotatable bonds is 7. The van der Waals surface area contributed by atoms with Gasteiger partial charge in [-0.2, -0.15) is 0 Å². The number of carbonyl (C=O) groups is 4. The molecule has 12 nitrogen and oxygen atoms in total. The summed E-state index contributed by atoms with van der Waals surface area (Å²) < 4.78 is 16.0. The van der Waals surface area contributed by atoms with Crippen LogP contribution in [0.2, 0.25) is 0 Å². The maximum absolute atomic E-state index is 13.5. The van der Waals surface area contributed by atoms with Crippen LogP contribution in [0.5, 0.6) is 0 Å². The molecule has 0 spiro atoms. The first-order valence-electron chi connectivity index (χ1n) is 14.2. The zero-order valence-corrected chi connectivity index (χ0v) is 25.4. The van der Waals surface area contributed by atoms with Crippen molar-refractivity contribution in [3.8, 4) is 0 Å². The van der Waals surface area contributed by atoms with Crippen molar-refractivity contribution in [3.63, 3.8) is 0 Å². The van der Waals surface area contributed by atoms with Crippen molar-refractivity contribution in [1.82, 2.24) is 15.1 Å². The van der Waals surface area contributed by atoms with Gasteiger partial charge in [0.1, 0.15) is 24.6 Å². The van der Waals surface area contributed by atoms with Crippen LogP contribution in [0.3, 0.4) is 0 Å². The molecule has 1 atom stereocenters. The molecule has 0 aromatic heterocycles. The first-order chi connectivity index (χ1) is 19.7. The number of piperidine rings is 1. The summed E-state index contributed by atoms with van der Waals surface area (Å²) in [7, 11) is 0. The number of amides is 3. The van der Waals surface area contributed by atoms with Gasteiger partial charge in [-0.3, -0.25) is 19.5 Å². The SMILES string of the molecule is CCOC(=O)C/N=C(/NC(=O)[C@@H]1CCCN(C(=O)OCc2ccccc2)C1)C1=C(N)C(C)(C)N(C(=O)OC(C)(C)C)C1. The maximum atomic E-state index is 13.5. The van der Waals surface area contributed by atoms with Gasteiger partial charge in [-0.1, -0.05) is 30.3 Å². The molecule has 2 heterocycles. The minimum absolute atomic E-state index is 0.0122. The van der Waals surface area contributed by atoms with E-state index >= 15 is 0 Å². The second-order valence-corrected chi connectivity index (χ2v) is 11.8. The summed E-state index contributed by atoms with van der Waals surface area (Å²) in [4.78, 5) is 58.7. The van der Waals surface area contributed by atoms with Gasteiger partial charge in [0.2, 0.25) is 5.91 Å². The van der Waals surface area contributed by atoms with Gasteiger partial charge in [0.25, 0.3) is 0 Å². The van der Waals surface area contributed by atoms with Crippen LogP contribution < -0.4 is 11.1 Å². The fraction of sp³-hybridized carbons (Fsp3) is 0.567. The van der Waals surface area contributed by atoms with E-state index in [1.165, 1.54) is 9.80 Å². The number of nitrogens with one attached hydrogen (secondary N) is 1. The highest BCUT2D eigenvalue weighted by Gasteiger charge is 2.44. The van der Waals surface area contributed by atoms with Crippen molar-refractivity contribution in [3.05, 3.63) is 47.2 Å². The molecule has 0 radical (unpaired) electrons. The molecule has 0 saturated carbocycles. The van der Waals surface area contributed by atoms with Gasteiger partial charge < -0.3 is 30.2 Å². The van der Waals surface area contributed by atoms with Crippen molar-refractivity contribution in [1.29, 1.82) is 0 Å². The minimum atomic E-state index is -0.947. The summed E-state index contributed by atoms with van der Waals surface area (Å²) in [6.45, 7) is 11.1. The summed E-state index contributed by atoms with van der Waals surface area (Å²) in [6, 6.07) is 9.35. The molecular weight excluding hydrogens is 542 g/mol. The van der Waals surface area contributed by atoms with Crippen molar-refractivity contribution in [2.45, 2.75) is 72.1 Å². The van der Waals surface area contributed by atoms with Gasteiger partial charge in [-0.25, -0.2) is 9.59 Å². The monoisotopic (exact) mass is 585 g/mol. The first kappa shape index (κ1) is 32.4. The van der Waals surface area contributed by atoms with E-state index in [0.717, 1.165) is 5.56 Å². The van der Waals surface area contributed by atoms with Crippen LogP contribution >= 0.6 is 0 Å². The Morgan fingerprint density at radius 3 is 2.43 bits per heavy atom. The molecule has 3 amide bonds. The van der Waals surface area contributed by atoms with Crippen molar-refractivity contribution in [2.75, 3.05) is 32.8 Å². The predicted octanol–water partition coefficient (Wildman–Crippen LogP) is 3.36. The van der Waals surface area contributed by atoms with Crippen LogP contribution in [0.25, 0.3) is 0 Å². The van der Waals surface area contributed by atoms with E-state index in [9.17, 15) is 19.2 Å². The molecule has 2 aliphatic heterocycles. The molecule has 0 bridgehead atoms. The average Bonchev–Trinajstić information content (AvgIpc) is 3.17. The molecule has 1 fully saturated rings. The standard InChI is InChI=1S/C30H43N5O7/c1-7-40-23(36)16-32-25(22-18-35(30(5,6)24(22)31)28(39)42-29(2,3)4)33-26(37)21-14-11-15-34(17-21)27(38)41-19-20-12-9-8-10-13-20/h8-10,12-13,21H,7,11,14-19,31H2,1-6H3,(H,32,33,37)/t21-/m1/s1. The Hall–Kier alpha value is -4.09. The van der Waals surface area contributed by atoms with E-state index < -0.39 is 35.2 Å². The Morgan fingerprint density at radius 1 is 1.10 bits per heavy atom. The van der Waals surface area contributed by atoms with Gasteiger partial charge in [-0.15, -0.1) is 0 Å². The fourth-order valence-corrected chi connectivity index (χ4v) is 4.71. The topological polar surface area (TPSA) is 153 Å². The lowest BCUT2D eigenvalue weighted by molar-refractivity contribution is -0.141. The number of aliphatic imine (C=N–C) groups is 1. The summed E-state index contributed by atoms with van der Waals surface area (Å²) in [5.41, 5.74) is 6.43. The zero-order valence-electron chi connectivity index (χ0n) is 25.4. The quantitative estimate of drug-likeness (QED) is 0.214. The van der Waals surface area contributed by atoms with E-state index in [-0.39, 0.29) is 44.6 Å². The first-order valence-corrected chi connectivity index (χ1v) is 14.2. The van der Waals surface area contributed by atoms with Gasteiger partial charge >= 0.3 is 18.2 Å². The van der Waals surface area contributed by atoms with Crippen molar-refractivity contribution in [2.24, 2.45) is 16.6 Å². The summed E-state index contributed by atoms with van der Waals surface area (Å²) in [6.07, 6.45) is 0.0882. The second-order valence-electron chi connectivity index (χ2n) is 11.8. The molecule has 42 heavy (non-hydrogen) atoms. The zero-order chi connectivity index (χ0) is 31.1. The Labute approximate surface area is 247 Å². The van der Waals surface area contributed by atoms with Crippen LogP contribution in [-0.2, 0) is 30.4 Å². The molecule has 1 aromatic rings. The number of benzene rings is 1. The summed E-state index contributed by atoms with van der Waals surface area (Å²) >= 11 is 0. The Balaban J connectivity index is 1.76. The smallest absolute Gasteiger partial charge is 0.411 e. The molecule has 3 rings (SSSR count). The summed E-state index contributed by atoms with van der Waals surface area (Å²) in [5.74, 6) is -1.43. The number of esters is 1. The molecular formula is C30H43N5O7. The Bertz CT molecular complexity index is 1220. The Kier molecular flexibility index (Phi) is 10.6. The third kappa shape index (κ3) is 8.46. The van der Waals surface area contributed by atoms with Crippen molar-refractivity contribution < 1.29 is 33.4 Å². The second kappa shape index (κ2) is 13.7. The molecule has 0 unspecified atom stereocenters. The molecule has 3 N–H and O–H groups in total. The maximum Gasteiger partial charge on any atom is 0.411 e. The van der Waals surface area contributed by atoms with E-state index in [0.29, 0.717) is 30.7 Å². The molecule has 230 valence electrons. The van der Waals surface area contributed by atoms with Gasteiger partial charge in [-0.05, 0) is 59.9 Å². The molecule has 1 saturated heterocycles. The normalized spacial score (nSPS) is 18.9. The third-order valence-corrected chi connectivity index (χ3v) is 7.04. The van der Waals surface area contributed by atoms with Crippen LogP contribution in [0.15, 0.2) is 46.6 Å². The number of nitrogens with two attached hydrogens (primary N) is 1. The van der Waals surface area contributed by atoms with Crippen LogP contribution in [0.4, 0.5) is 9.59 Å². The third-order valence-electron chi connectivity index (χ3n) is 7.04. The number of ether oxygens (including phenoxy) is 3. The minimum Gasteiger partial charge on any atom is -0.465 e. The number of amidine groups is 1. The lowest BCUT2D eigenvalue weighted by Crippen LogP contribution is -2.48. The highest BCUT2D eigenvalue weighted by Crippen LogP contribution is 2.33. The van der Waals surface area contributed by atoms with Gasteiger partial charge in [0.15, 0.2) is 0 Å². The number of hydrogen-bond donors (Lipinski definition) is 2. The molecule has 0 aliphatic carbocycles. The summed E-state index contributed by atoms with van der Waals surface area (Å²) in [5, 5.41) is 2.83. The van der Waals surface area contributed by atoms with E-state index in [4.69, 9.17) is 19.9 Å². The molecule has 1 aromatic carbocycles. The lowest BCUT2D eigenvalue weighted by Gasteiger charge is -2.34. The van der Waals surface area contributed by atoms with Gasteiger partial charge in [0.05, 0.1) is 24.6 Å². The van der Waals surface area contributed by atoms with E-state index in [1.807, 2.05) is 30.3 Å². The fourth-order valence-electron chi connectivity index (χ4n) is 4.71. The van der Waals surface area contributed by atoms with Crippen LogP contribution in [0, 0.1) is 5.92 Å². The number of likely N-dealkylation sites (tertiary alicyclic amines) is 1. The van der Waals surface area contributed by atoms with Crippen LogP contribution in [-0.4, -0.2) is 83.6 Å².